The molecular formula is C13H18ClNO. The van der Waals surface area contributed by atoms with E-state index in [1.165, 1.54) is 5.56 Å². The molecule has 0 saturated carbocycles. The molecule has 1 aromatic rings. The highest BCUT2D eigenvalue weighted by Gasteiger charge is 2.35. The summed E-state index contributed by atoms with van der Waals surface area (Å²) in [5, 5.41) is 4.22. The minimum atomic E-state index is 0.151. The Bertz CT molecular complexity index is 390. The Balaban J connectivity index is 2.31. The normalized spacial score (nSPS) is 23.4. The number of hydrogen-bond donors (Lipinski definition) is 1. The number of benzene rings is 1. The van der Waals surface area contributed by atoms with Gasteiger partial charge in [0.2, 0.25) is 0 Å². The van der Waals surface area contributed by atoms with E-state index in [0.717, 1.165) is 18.7 Å². The molecule has 2 nitrogen and oxygen atoms in total. The Morgan fingerprint density at radius 1 is 1.44 bits per heavy atom. The number of halogens is 1. The molecule has 3 heteroatoms. The molecule has 1 aliphatic rings. The predicted octanol–water partition coefficient (Wildman–Crippen LogP) is 3.20. The van der Waals surface area contributed by atoms with Crippen molar-refractivity contribution in [2.75, 3.05) is 13.7 Å². The van der Waals surface area contributed by atoms with Gasteiger partial charge < -0.3 is 10.1 Å². The van der Waals surface area contributed by atoms with Gasteiger partial charge in [0.15, 0.2) is 0 Å². The summed E-state index contributed by atoms with van der Waals surface area (Å²) in [7, 11) is 1.64. The third-order valence-electron chi connectivity index (χ3n) is 3.46. The number of nitrogens with one attached hydrogen (secondary N) is 1. The molecule has 88 valence electrons. The van der Waals surface area contributed by atoms with Crippen LogP contribution in [0.15, 0.2) is 18.2 Å². The first kappa shape index (κ1) is 11.7. The Morgan fingerprint density at radius 3 is 2.69 bits per heavy atom. The first-order valence-electron chi connectivity index (χ1n) is 5.63. The van der Waals surface area contributed by atoms with Crippen molar-refractivity contribution in [1.29, 1.82) is 0 Å². The van der Waals surface area contributed by atoms with Crippen LogP contribution in [0.2, 0.25) is 5.02 Å². The van der Waals surface area contributed by atoms with E-state index in [-0.39, 0.29) is 5.54 Å². The Labute approximate surface area is 102 Å². The fourth-order valence-electron chi connectivity index (χ4n) is 2.51. The quantitative estimate of drug-likeness (QED) is 0.856. The van der Waals surface area contributed by atoms with Crippen molar-refractivity contribution in [1.82, 2.24) is 5.32 Å². The number of hydrogen-bond acceptors (Lipinski definition) is 2. The predicted molar refractivity (Wildman–Crippen MR) is 67.4 cm³/mol. The summed E-state index contributed by atoms with van der Waals surface area (Å²) in [4.78, 5) is 0. The van der Waals surface area contributed by atoms with E-state index in [9.17, 15) is 0 Å². The average Bonchev–Trinajstić information content (AvgIpc) is 2.58. The number of ether oxygens (including phenoxy) is 1. The first-order valence-corrected chi connectivity index (χ1v) is 6.01. The van der Waals surface area contributed by atoms with Crippen molar-refractivity contribution in [3.63, 3.8) is 0 Å². The van der Waals surface area contributed by atoms with E-state index in [1.54, 1.807) is 7.11 Å². The second kappa shape index (κ2) is 4.27. The lowest BCUT2D eigenvalue weighted by Crippen LogP contribution is -2.36. The molecule has 0 aromatic heterocycles. The van der Waals surface area contributed by atoms with Gasteiger partial charge in [-0.15, -0.1) is 0 Å². The summed E-state index contributed by atoms with van der Waals surface area (Å²) in [6.45, 7) is 5.55. The summed E-state index contributed by atoms with van der Waals surface area (Å²) in [6, 6.07) is 6.09. The van der Waals surface area contributed by atoms with Crippen LogP contribution >= 0.6 is 11.6 Å². The van der Waals surface area contributed by atoms with Gasteiger partial charge in [-0.3, -0.25) is 0 Å². The number of methoxy groups -OCH3 is 1. The molecule has 1 N–H and O–H groups in total. The standard InChI is InChI=1S/C13H18ClNO/c1-13(2)10(6-7-15-13)9-4-5-12(16-3)11(14)8-9/h4-5,8,10,15H,6-7H2,1-3H3. The second-order valence-corrected chi connectivity index (χ2v) is 5.29. The molecule has 0 aliphatic carbocycles. The third-order valence-corrected chi connectivity index (χ3v) is 3.76. The lowest BCUT2D eigenvalue weighted by molar-refractivity contribution is 0.406. The van der Waals surface area contributed by atoms with Crippen molar-refractivity contribution in [3.8, 4) is 5.75 Å². The second-order valence-electron chi connectivity index (χ2n) is 4.88. The molecule has 0 spiro atoms. The van der Waals surface area contributed by atoms with Crippen LogP contribution in [0.25, 0.3) is 0 Å². The maximum absolute atomic E-state index is 6.16. The van der Waals surface area contributed by atoms with Crippen LogP contribution in [-0.2, 0) is 0 Å². The smallest absolute Gasteiger partial charge is 0.137 e. The van der Waals surface area contributed by atoms with Crippen LogP contribution in [0, 0.1) is 0 Å². The Hall–Kier alpha value is -0.730. The molecule has 1 atom stereocenters. The highest BCUT2D eigenvalue weighted by atomic mass is 35.5. The van der Waals surface area contributed by atoms with Crippen LogP contribution in [0.1, 0.15) is 31.7 Å². The molecule has 1 aromatic carbocycles. The van der Waals surface area contributed by atoms with Crippen LogP contribution in [0.5, 0.6) is 5.75 Å². The molecular weight excluding hydrogens is 222 g/mol. The molecule has 1 aliphatic heterocycles. The van der Waals surface area contributed by atoms with E-state index < -0.39 is 0 Å². The van der Waals surface area contributed by atoms with Crippen LogP contribution in [0.3, 0.4) is 0 Å². The van der Waals surface area contributed by atoms with E-state index in [4.69, 9.17) is 16.3 Å². The molecule has 1 unspecified atom stereocenters. The van der Waals surface area contributed by atoms with E-state index in [1.807, 2.05) is 12.1 Å². The maximum Gasteiger partial charge on any atom is 0.137 e. The van der Waals surface area contributed by atoms with Crippen molar-refractivity contribution in [2.45, 2.75) is 31.7 Å². The minimum absolute atomic E-state index is 0.151. The van der Waals surface area contributed by atoms with Gasteiger partial charge in [0.05, 0.1) is 12.1 Å². The van der Waals surface area contributed by atoms with Crippen LogP contribution < -0.4 is 10.1 Å². The lowest BCUT2D eigenvalue weighted by Gasteiger charge is -2.27. The summed E-state index contributed by atoms with van der Waals surface area (Å²) in [6.07, 6.45) is 1.16. The summed E-state index contributed by atoms with van der Waals surface area (Å²) in [5.41, 5.74) is 1.44. The minimum Gasteiger partial charge on any atom is -0.495 e. The lowest BCUT2D eigenvalue weighted by atomic mass is 9.83. The summed E-state index contributed by atoms with van der Waals surface area (Å²) >= 11 is 6.16. The maximum atomic E-state index is 6.16. The van der Waals surface area contributed by atoms with E-state index >= 15 is 0 Å². The van der Waals surface area contributed by atoms with Gasteiger partial charge in [-0.1, -0.05) is 17.7 Å². The van der Waals surface area contributed by atoms with Gasteiger partial charge in [-0.2, -0.15) is 0 Å². The molecule has 1 fully saturated rings. The highest BCUT2D eigenvalue weighted by molar-refractivity contribution is 6.32. The third kappa shape index (κ3) is 2.04. The molecule has 16 heavy (non-hydrogen) atoms. The topological polar surface area (TPSA) is 21.3 Å². The molecule has 0 bridgehead atoms. The van der Waals surface area contributed by atoms with Gasteiger partial charge in [0.25, 0.3) is 0 Å². The molecule has 0 radical (unpaired) electrons. The van der Waals surface area contributed by atoms with Crippen molar-refractivity contribution >= 4 is 11.6 Å². The van der Waals surface area contributed by atoms with Crippen molar-refractivity contribution in [2.24, 2.45) is 0 Å². The zero-order valence-corrected chi connectivity index (χ0v) is 10.8. The zero-order valence-electron chi connectivity index (χ0n) is 10.0. The van der Waals surface area contributed by atoms with Crippen LogP contribution in [-0.4, -0.2) is 19.2 Å². The molecule has 2 rings (SSSR count). The van der Waals surface area contributed by atoms with E-state index in [2.05, 4.69) is 25.2 Å². The fraction of sp³-hybridized carbons (Fsp3) is 0.538. The van der Waals surface area contributed by atoms with Gasteiger partial charge in [0.1, 0.15) is 5.75 Å². The summed E-state index contributed by atoms with van der Waals surface area (Å²) < 4.78 is 5.17. The first-order chi connectivity index (χ1) is 7.54. The average molecular weight is 240 g/mol. The number of rotatable bonds is 2. The van der Waals surface area contributed by atoms with E-state index in [0.29, 0.717) is 10.9 Å². The van der Waals surface area contributed by atoms with Crippen molar-refractivity contribution in [3.05, 3.63) is 28.8 Å². The monoisotopic (exact) mass is 239 g/mol. The SMILES string of the molecule is COc1ccc(C2CCNC2(C)C)cc1Cl. The zero-order chi connectivity index (χ0) is 11.8. The Kier molecular flexibility index (Phi) is 3.13. The fourth-order valence-corrected chi connectivity index (χ4v) is 2.77. The van der Waals surface area contributed by atoms with Crippen molar-refractivity contribution < 1.29 is 4.74 Å². The Morgan fingerprint density at radius 2 is 2.19 bits per heavy atom. The van der Waals surface area contributed by atoms with Gasteiger partial charge >= 0.3 is 0 Å². The van der Waals surface area contributed by atoms with Gasteiger partial charge in [-0.05, 0) is 44.5 Å². The highest BCUT2D eigenvalue weighted by Crippen LogP contribution is 2.38. The largest absolute Gasteiger partial charge is 0.495 e. The van der Waals surface area contributed by atoms with Crippen LogP contribution in [0.4, 0.5) is 0 Å². The summed E-state index contributed by atoms with van der Waals surface area (Å²) in [5.74, 6) is 1.27. The molecule has 0 amide bonds. The molecule has 1 heterocycles. The molecule has 1 saturated heterocycles. The van der Waals surface area contributed by atoms with Gasteiger partial charge in [-0.25, -0.2) is 0 Å². The van der Waals surface area contributed by atoms with Gasteiger partial charge in [0, 0.05) is 11.5 Å².